The topological polar surface area (TPSA) is 39.7 Å². The molecule has 4 heteroatoms. The standard InChI is InChI=1S/C20H24N4/c1-2-9-17-16(8-1)20(21-12-7-15-24-13-5-6-14-24)23-19-11-4-3-10-18(19)22-17/h1-4,8-11,22H,5-7,12-15H2,(H,21,23). The van der Waals surface area contributed by atoms with Gasteiger partial charge in [-0.1, -0.05) is 24.3 Å². The van der Waals surface area contributed by atoms with Crippen LogP contribution in [-0.4, -0.2) is 36.9 Å². The highest BCUT2D eigenvalue weighted by molar-refractivity contribution is 6.15. The molecule has 1 fully saturated rings. The SMILES string of the molecule is c1ccc2c(c1)NC(=NCCCN1CCCC1)c1ccccc1N2. The van der Waals surface area contributed by atoms with Crippen molar-refractivity contribution in [2.24, 2.45) is 4.99 Å². The van der Waals surface area contributed by atoms with Gasteiger partial charge in [-0.05, 0) is 63.2 Å². The van der Waals surface area contributed by atoms with Crippen LogP contribution in [0.3, 0.4) is 0 Å². The molecule has 2 aromatic carbocycles. The molecule has 0 saturated carbocycles. The summed E-state index contributed by atoms with van der Waals surface area (Å²) in [5, 5.41) is 7.03. The number of likely N-dealkylation sites (tertiary alicyclic amines) is 1. The molecule has 124 valence electrons. The van der Waals surface area contributed by atoms with E-state index >= 15 is 0 Å². The minimum Gasteiger partial charge on any atom is -0.353 e. The van der Waals surface area contributed by atoms with Crippen molar-refractivity contribution < 1.29 is 0 Å². The Hall–Kier alpha value is -2.33. The molecular formula is C20H24N4. The predicted molar refractivity (Wildman–Crippen MR) is 101 cm³/mol. The van der Waals surface area contributed by atoms with Crippen molar-refractivity contribution in [3.05, 3.63) is 54.1 Å². The van der Waals surface area contributed by atoms with E-state index in [2.05, 4.69) is 58.0 Å². The lowest BCUT2D eigenvalue weighted by atomic mass is 10.1. The van der Waals surface area contributed by atoms with Gasteiger partial charge in [0.15, 0.2) is 0 Å². The number of anilines is 3. The number of benzene rings is 2. The average molecular weight is 320 g/mol. The third-order valence-corrected chi connectivity index (χ3v) is 4.73. The Morgan fingerprint density at radius 3 is 2.29 bits per heavy atom. The van der Waals surface area contributed by atoms with Crippen LogP contribution in [-0.2, 0) is 0 Å². The first kappa shape index (κ1) is 15.2. The number of fused-ring (bicyclic) bond motifs is 2. The number of amidine groups is 1. The maximum Gasteiger partial charge on any atom is 0.134 e. The molecule has 2 heterocycles. The van der Waals surface area contributed by atoms with Gasteiger partial charge >= 0.3 is 0 Å². The molecule has 0 radical (unpaired) electrons. The summed E-state index contributed by atoms with van der Waals surface area (Å²) in [5.74, 6) is 0.962. The summed E-state index contributed by atoms with van der Waals surface area (Å²) in [6.45, 7) is 4.53. The molecule has 2 aromatic rings. The Balaban J connectivity index is 1.53. The summed E-state index contributed by atoms with van der Waals surface area (Å²) in [6, 6.07) is 16.6. The first-order valence-corrected chi connectivity index (χ1v) is 8.89. The summed E-state index contributed by atoms with van der Waals surface area (Å²) < 4.78 is 0. The molecule has 2 N–H and O–H groups in total. The second-order valence-electron chi connectivity index (χ2n) is 6.47. The molecule has 2 aliphatic rings. The number of rotatable bonds is 4. The zero-order chi connectivity index (χ0) is 16.2. The molecule has 0 atom stereocenters. The molecule has 0 aromatic heterocycles. The number of nitrogens with one attached hydrogen (secondary N) is 2. The van der Waals surface area contributed by atoms with Gasteiger partial charge in [0.2, 0.25) is 0 Å². The van der Waals surface area contributed by atoms with Crippen LogP contribution in [0.15, 0.2) is 53.5 Å². The van der Waals surface area contributed by atoms with Crippen LogP contribution in [0.1, 0.15) is 24.8 Å². The van der Waals surface area contributed by atoms with E-state index in [4.69, 9.17) is 4.99 Å². The summed E-state index contributed by atoms with van der Waals surface area (Å²) in [5.41, 5.74) is 4.40. The highest BCUT2D eigenvalue weighted by Crippen LogP contribution is 2.31. The van der Waals surface area contributed by atoms with E-state index < -0.39 is 0 Å². The molecule has 0 unspecified atom stereocenters. The Labute approximate surface area is 143 Å². The quantitative estimate of drug-likeness (QED) is 0.834. The Morgan fingerprint density at radius 1 is 0.833 bits per heavy atom. The van der Waals surface area contributed by atoms with Crippen molar-refractivity contribution in [1.29, 1.82) is 0 Å². The number of para-hydroxylation sites is 3. The number of hydrogen-bond donors (Lipinski definition) is 2. The smallest absolute Gasteiger partial charge is 0.134 e. The van der Waals surface area contributed by atoms with Gasteiger partial charge in [-0.25, -0.2) is 0 Å². The number of nitrogens with zero attached hydrogens (tertiary/aromatic N) is 2. The molecule has 0 amide bonds. The van der Waals surface area contributed by atoms with Crippen LogP contribution in [0.4, 0.5) is 17.1 Å². The van der Waals surface area contributed by atoms with E-state index in [-0.39, 0.29) is 0 Å². The van der Waals surface area contributed by atoms with Crippen molar-refractivity contribution >= 4 is 22.9 Å². The van der Waals surface area contributed by atoms with E-state index in [0.717, 1.165) is 48.0 Å². The van der Waals surface area contributed by atoms with Crippen LogP contribution in [0.2, 0.25) is 0 Å². The largest absolute Gasteiger partial charge is 0.353 e. The van der Waals surface area contributed by atoms with Gasteiger partial charge in [0, 0.05) is 17.8 Å². The van der Waals surface area contributed by atoms with Gasteiger partial charge in [0.25, 0.3) is 0 Å². The molecule has 4 rings (SSSR count). The van der Waals surface area contributed by atoms with E-state index in [1.165, 1.54) is 25.9 Å². The Kier molecular flexibility index (Phi) is 4.47. The minimum atomic E-state index is 0.856. The van der Waals surface area contributed by atoms with E-state index in [0.29, 0.717) is 0 Å². The number of aliphatic imine (C=N–C) groups is 1. The van der Waals surface area contributed by atoms with Crippen LogP contribution in [0, 0.1) is 0 Å². The van der Waals surface area contributed by atoms with Gasteiger partial charge < -0.3 is 15.5 Å². The third kappa shape index (κ3) is 3.29. The molecule has 2 aliphatic heterocycles. The first-order chi connectivity index (χ1) is 11.9. The van der Waals surface area contributed by atoms with E-state index in [1.807, 2.05) is 6.07 Å². The van der Waals surface area contributed by atoms with Crippen molar-refractivity contribution in [1.82, 2.24) is 4.90 Å². The predicted octanol–water partition coefficient (Wildman–Crippen LogP) is 4.09. The minimum absolute atomic E-state index is 0.856. The van der Waals surface area contributed by atoms with Crippen molar-refractivity contribution in [3.8, 4) is 0 Å². The first-order valence-electron chi connectivity index (χ1n) is 8.89. The van der Waals surface area contributed by atoms with Crippen molar-refractivity contribution in [2.75, 3.05) is 36.8 Å². The van der Waals surface area contributed by atoms with E-state index in [9.17, 15) is 0 Å². The third-order valence-electron chi connectivity index (χ3n) is 4.73. The summed E-state index contributed by atoms with van der Waals surface area (Å²) >= 11 is 0. The summed E-state index contributed by atoms with van der Waals surface area (Å²) in [4.78, 5) is 7.43. The lowest BCUT2D eigenvalue weighted by molar-refractivity contribution is 0.336. The highest BCUT2D eigenvalue weighted by atomic mass is 15.1. The summed E-state index contributed by atoms with van der Waals surface area (Å²) in [7, 11) is 0. The maximum atomic E-state index is 4.88. The van der Waals surface area contributed by atoms with Gasteiger partial charge in [-0.15, -0.1) is 0 Å². The lowest BCUT2D eigenvalue weighted by Crippen LogP contribution is -2.21. The average Bonchev–Trinajstić information content (AvgIpc) is 3.07. The maximum absolute atomic E-state index is 4.88. The molecule has 24 heavy (non-hydrogen) atoms. The lowest BCUT2D eigenvalue weighted by Gasteiger charge is -2.14. The van der Waals surface area contributed by atoms with Crippen molar-refractivity contribution in [3.63, 3.8) is 0 Å². The van der Waals surface area contributed by atoms with Crippen LogP contribution >= 0.6 is 0 Å². The fourth-order valence-corrected chi connectivity index (χ4v) is 3.46. The van der Waals surface area contributed by atoms with Gasteiger partial charge in [0.1, 0.15) is 5.84 Å². The zero-order valence-electron chi connectivity index (χ0n) is 14.0. The molecule has 0 aliphatic carbocycles. The zero-order valence-corrected chi connectivity index (χ0v) is 14.0. The van der Waals surface area contributed by atoms with Crippen molar-refractivity contribution in [2.45, 2.75) is 19.3 Å². The van der Waals surface area contributed by atoms with Gasteiger partial charge in [-0.2, -0.15) is 0 Å². The number of hydrogen-bond acceptors (Lipinski definition) is 3. The Morgan fingerprint density at radius 2 is 1.50 bits per heavy atom. The molecule has 0 spiro atoms. The van der Waals surface area contributed by atoms with Gasteiger partial charge in [0.05, 0.1) is 11.4 Å². The van der Waals surface area contributed by atoms with E-state index in [1.54, 1.807) is 0 Å². The fourth-order valence-electron chi connectivity index (χ4n) is 3.46. The normalized spacial score (nSPS) is 18.4. The second-order valence-corrected chi connectivity index (χ2v) is 6.47. The summed E-state index contributed by atoms with van der Waals surface area (Å²) in [6.07, 6.45) is 3.82. The monoisotopic (exact) mass is 320 g/mol. The van der Waals surface area contributed by atoms with Gasteiger partial charge in [-0.3, -0.25) is 4.99 Å². The molecular weight excluding hydrogens is 296 g/mol. The molecule has 0 bridgehead atoms. The fraction of sp³-hybridized carbons (Fsp3) is 0.350. The van der Waals surface area contributed by atoms with Crippen LogP contribution in [0.5, 0.6) is 0 Å². The molecule has 1 saturated heterocycles. The molecule has 4 nitrogen and oxygen atoms in total. The highest BCUT2D eigenvalue weighted by Gasteiger charge is 2.16. The van der Waals surface area contributed by atoms with Crippen LogP contribution < -0.4 is 10.6 Å². The van der Waals surface area contributed by atoms with Crippen LogP contribution in [0.25, 0.3) is 0 Å². The Bertz CT molecular complexity index is 732. The second kappa shape index (κ2) is 7.05.